The quantitative estimate of drug-likeness (QED) is 0.814. The highest BCUT2D eigenvalue weighted by atomic mass is 79.9. The molecule has 0 aliphatic heterocycles. The fourth-order valence-electron chi connectivity index (χ4n) is 1.87. The van der Waals surface area contributed by atoms with E-state index >= 15 is 0 Å². The molecule has 0 saturated carbocycles. The number of carbonyl (C=O) groups is 1. The van der Waals surface area contributed by atoms with Gasteiger partial charge in [0.05, 0.1) is 5.69 Å². The number of hydrogen-bond acceptors (Lipinski definition) is 3. The second kappa shape index (κ2) is 5.94. The number of nitrogens with two attached hydrogens (primary N) is 1. The van der Waals surface area contributed by atoms with Gasteiger partial charge in [-0.2, -0.15) is 5.26 Å². The smallest absolute Gasteiger partial charge is 0.256 e. The minimum atomic E-state index is -0.680. The Labute approximate surface area is 129 Å². The molecule has 21 heavy (non-hydrogen) atoms. The molecule has 0 radical (unpaired) electrons. The minimum Gasteiger partial charge on any atom is -0.398 e. The monoisotopic (exact) mass is 347 g/mol. The van der Waals surface area contributed by atoms with E-state index in [2.05, 4.69) is 21.2 Å². The van der Waals surface area contributed by atoms with Crippen molar-refractivity contribution in [1.29, 1.82) is 5.26 Å². The molecule has 3 N–H and O–H groups in total. The SMILES string of the molecule is Cc1c(N)cc(Br)cc1C(=O)Nc1cccc(F)c1C#N. The van der Waals surface area contributed by atoms with Crippen LogP contribution >= 0.6 is 15.9 Å². The van der Waals surface area contributed by atoms with E-state index in [1.807, 2.05) is 0 Å². The van der Waals surface area contributed by atoms with Crippen molar-refractivity contribution in [2.75, 3.05) is 11.1 Å². The molecule has 6 heteroatoms. The number of carbonyl (C=O) groups excluding carboxylic acids is 1. The second-order valence-corrected chi connectivity index (χ2v) is 5.31. The van der Waals surface area contributed by atoms with Crippen LogP contribution in [0.5, 0.6) is 0 Å². The lowest BCUT2D eigenvalue weighted by Gasteiger charge is -2.11. The van der Waals surface area contributed by atoms with Crippen LogP contribution in [0, 0.1) is 24.1 Å². The third kappa shape index (κ3) is 3.03. The van der Waals surface area contributed by atoms with E-state index in [1.165, 1.54) is 12.1 Å². The molecule has 1 amide bonds. The molecule has 2 aromatic rings. The molecular formula is C15H11BrFN3O. The van der Waals surface area contributed by atoms with Crippen LogP contribution in [0.4, 0.5) is 15.8 Å². The summed E-state index contributed by atoms with van der Waals surface area (Å²) >= 11 is 3.27. The number of nitrogens with one attached hydrogen (secondary N) is 1. The molecule has 0 heterocycles. The van der Waals surface area contributed by atoms with Crippen LogP contribution in [-0.4, -0.2) is 5.91 Å². The third-order valence-electron chi connectivity index (χ3n) is 3.03. The average Bonchev–Trinajstić information content (AvgIpc) is 2.43. The lowest BCUT2D eigenvalue weighted by atomic mass is 10.1. The first-order valence-electron chi connectivity index (χ1n) is 5.99. The summed E-state index contributed by atoms with van der Waals surface area (Å²) in [6.07, 6.45) is 0. The van der Waals surface area contributed by atoms with E-state index in [0.29, 0.717) is 21.3 Å². The molecule has 0 saturated heterocycles. The number of benzene rings is 2. The van der Waals surface area contributed by atoms with Crippen molar-refractivity contribution in [2.24, 2.45) is 0 Å². The van der Waals surface area contributed by atoms with Crippen molar-refractivity contribution in [3.05, 3.63) is 57.3 Å². The van der Waals surface area contributed by atoms with Crippen LogP contribution in [0.3, 0.4) is 0 Å². The number of anilines is 2. The molecule has 0 unspecified atom stereocenters. The summed E-state index contributed by atoms with van der Waals surface area (Å²) in [5, 5.41) is 11.5. The predicted molar refractivity (Wildman–Crippen MR) is 82.4 cm³/mol. The van der Waals surface area contributed by atoms with Gasteiger partial charge in [0.15, 0.2) is 0 Å². The fourth-order valence-corrected chi connectivity index (χ4v) is 2.34. The van der Waals surface area contributed by atoms with E-state index in [0.717, 1.165) is 6.07 Å². The highest BCUT2D eigenvalue weighted by Gasteiger charge is 2.15. The zero-order chi connectivity index (χ0) is 15.6. The van der Waals surface area contributed by atoms with Crippen molar-refractivity contribution in [3.8, 4) is 6.07 Å². The van der Waals surface area contributed by atoms with Crippen LogP contribution in [0.15, 0.2) is 34.8 Å². The molecule has 0 aliphatic carbocycles. The molecule has 4 nitrogen and oxygen atoms in total. The Morgan fingerprint density at radius 2 is 2.14 bits per heavy atom. The number of halogens is 2. The summed E-state index contributed by atoms with van der Waals surface area (Å²) in [6, 6.07) is 9.10. The van der Waals surface area contributed by atoms with Crippen molar-refractivity contribution < 1.29 is 9.18 Å². The van der Waals surface area contributed by atoms with Gasteiger partial charge < -0.3 is 11.1 Å². The average molecular weight is 348 g/mol. The number of nitrogens with zero attached hydrogens (tertiary/aromatic N) is 1. The normalized spacial score (nSPS) is 10.0. The number of rotatable bonds is 2. The van der Waals surface area contributed by atoms with Crippen molar-refractivity contribution in [1.82, 2.24) is 0 Å². The van der Waals surface area contributed by atoms with Gasteiger partial charge in [-0.3, -0.25) is 4.79 Å². The van der Waals surface area contributed by atoms with Gasteiger partial charge in [0.25, 0.3) is 5.91 Å². The van der Waals surface area contributed by atoms with Gasteiger partial charge in [-0.05, 0) is 36.8 Å². The van der Waals surface area contributed by atoms with Crippen LogP contribution in [0.1, 0.15) is 21.5 Å². The summed E-state index contributed by atoms with van der Waals surface area (Å²) < 4.78 is 14.2. The number of amides is 1. The largest absolute Gasteiger partial charge is 0.398 e. The highest BCUT2D eigenvalue weighted by molar-refractivity contribution is 9.10. The fraction of sp³-hybridized carbons (Fsp3) is 0.0667. The van der Waals surface area contributed by atoms with Crippen molar-refractivity contribution in [3.63, 3.8) is 0 Å². The van der Waals surface area contributed by atoms with Gasteiger partial charge in [0.2, 0.25) is 0 Å². The summed E-state index contributed by atoms with van der Waals surface area (Å²) in [6.45, 7) is 1.72. The lowest BCUT2D eigenvalue weighted by molar-refractivity contribution is 0.102. The highest BCUT2D eigenvalue weighted by Crippen LogP contribution is 2.25. The van der Waals surface area contributed by atoms with Crippen molar-refractivity contribution >= 4 is 33.2 Å². The van der Waals surface area contributed by atoms with Crippen LogP contribution in [0.2, 0.25) is 0 Å². The second-order valence-electron chi connectivity index (χ2n) is 4.40. The first-order valence-corrected chi connectivity index (χ1v) is 6.79. The van der Waals surface area contributed by atoms with E-state index in [-0.39, 0.29) is 11.3 Å². The molecule has 0 aromatic heterocycles. The third-order valence-corrected chi connectivity index (χ3v) is 3.49. The molecule has 2 rings (SSSR count). The molecule has 0 bridgehead atoms. The van der Waals surface area contributed by atoms with Crippen LogP contribution in [0.25, 0.3) is 0 Å². The lowest BCUT2D eigenvalue weighted by Crippen LogP contribution is -2.15. The molecule has 106 valence electrons. The number of nitrogen functional groups attached to an aromatic ring is 1. The minimum absolute atomic E-state index is 0.125. The Hall–Kier alpha value is -2.39. The van der Waals surface area contributed by atoms with Gasteiger partial charge in [-0.15, -0.1) is 0 Å². The molecule has 0 aliphatic rings. The van der Waals surface area contributed by atoms with E-state index in [4.69, 9.17) is 11.0 Å². The summed E-state index contributed by atoms with van der Waals surface area (Å²) in [5.74, 6) is -1.14. The van der Waals surface area contributed by atoms with E-state index in [9.17, 15) is 9.18 Å². The zero-order valence-electron chi connectivity index (χ0n) is 11.1. The Balaban J connectivity index is 2.40. The van der Waals surface area contributed by atoms with Gasteiger partial charge in [0, 0.05) is 15.7 Å². The molecule has 0 spiro atoms. The van der Waals surface area contributed by atoms with Crippen LogP contribution < -0.4 is 11.1 Å². The first-order chi connectivity index (χ1) is 9.93. The van der Waals surface area contributed by atoms with Crippen LogP contribution in [-0.2, 0) is 0 Å². The topological polar surface area (TPSA) is 78.9 Å². The van der Waals surface area contributed by atoms with E-state index < -0.39 is 11.7 Å². The Morgan fingerprint density at radius 3 is 2.81 bits per heavy atom. The molecule has 0 fully saturated rings. The summed E-state index contributed by atoms with van der Waals surface area (Å²) in [7, 11) is 0. The van der Waals surface area contributed by atoms with E-state index in [1.54, 1.807) is 25.1 Å². The van der Waals surface area contributed by atoms with Gasteiger partial charge in [0.1, 0.15) is 17.4 Å². The molecule has 2 aromatic carbocycles. The van der Waals surface area contributed by atoms with Gasteiger partial charge in [-0.1, -0.05) is 22.0 Å². The summed E-state index contributed by atoms with van der Waals surface area (Å²) in [4.78, 5) is 12.3. The standard InChI is InChI=1S/C15H11BrFN3O/c1-8-10(5-9(16)6-13(8)19)15(21)20-14-4-2-3-12(17)11(14)7-18/h2-6H,19H2,1H3,(H,20,21). The Morgan fingerprint density at radius 1 is 1.43 bits per heavy atom. The molecule has 0 atom stereocenters. The van der Waals surface area contributed by atoms with Gasteiger partial charge in [-0.25, -0.2) is 4.39 Å². The maximum atomic E-state index is 13.5. The Kier molecular flexibility index (Phi) is 4.24. The Bertz CT molecular complexity index is 768. The molecular weight excluding hydrogens is 337 g/mol. The number of nitriles is 1. The van der Waals surface area contributed by atoms with Crippen molar-refractivity contribution in [2.45, 2.75) is 6.92 Å². The predicted octanol–water partition coefficient (Wildman–Crippen LogP) is 3.60. The number of hydrogen-bond donors (Lipinski definition) is 2. The zero-order valence-corrected chi connectivity index (χ0v) is 12.7. The summed E-state index contributed by atoms with van der Waals surface area (Å²) in [5.41, 5.74) is 7.17. The maximum absolute atomic E-state index is 13.5. The first kappa shape index (κ1) is 15.0. The maximum Gasteiger partial charge on any atom is 0.256 e. The van der Waals surface area contributed by atoms with Gasteiger partial charge >= 0.3 is 0 Å².